The molecule has 0 radical (unpaired) electrons. The minimum atomic E-state index is 0.196. The van der Waals surface area contributed by atoms with Gasteiger partial charge in [-0.15, -0.1) is 0 Å². The standard InChI is InChI=1S/C21H24N4O/c1-16-13-17(10-11-22-16)8-9-18-5-4-12-25(18)21(26)14-24-15-23-19-6-2-3-7-20(19)24/h2-3,6-7,10-11,13,15,18H,4-5,8-9,12,14H2,1H3/t18-/m1/s1. The van der Waals surface area contributed by atoms with Crippen LogP contribution in [0.1, 0.15) is 30.5 Å². The monoisotopic (exact) mass is 348 g/mol. The Labute approximate surface area is 153 Å². The first kappa shape index (κ1) is 16.8. The number of carbonyl (C=O) groups is 1. The third-order valence-corrected chi connectivity index (χ3v) is 5.26. The highest BCUT2D eigenvalue weighted by Crippen LogP contribution is 2.23. The summed E-state index contributed by atoms with van der Waals surface area (Å²) >= 11 is 0. The van der Waals surface area contributed by atoms with Crippen molar-refractivity contribution in [2.45, 2.75) is 45.2 Å². The van der Waals surface area contributed by atoms with Crippen LogP contribution in [-0.2, 0) is 17.8 Å². The fourth-order valence-corrected chi connectivity index (χ4v) is 3.93. The molecule has 0 unspecified atom stereocenters. The number of hydrogen-bond acceptors (Lipinski definition) is 3. The van der Waals surface area contributed by atoms with Crippen LogP contribution in [-0.4, -0.2) is 37.9 Å². The molecule has 1 saturated heterocycles. The van der Waals surface area contributed by atoms with E-state index in [0.29, 0.717) is 12.6 Å². The normalized spacial score (nSPS) is 17.1. The minimum absolute atomic E-state index is 0.196. The minimum Gasteiger partial charge on any atom is -0.338 e. The van der Waals surface area contributed by atoms with Gasteiger partial charge in [-0.2, -0.15) is 0 Å². The molecule has 0 saturated carbocycles. The molecule has 0 aliphatic carbocycles. The van der Waals surface area contributed by atoms with Gasteiger partial charge in [-0.3, -0.25) is 9.78 Å². The maximum Gasteiger partial charge on any atom is 0.242 e. The van der Waals surface area contributed by atoms with Crippen LogP contribution in [0.3, 0.4) is 0 Å². The zero-order valence-corrected chi connectivity index (χ0v) is 15.1. The Hall–Kier alpha value is -2.69. The summed E-state index contributed by atoms with van der Waals surface area (Å²) in [5.74, 6) is 0.196. The lowest BCUT2D eigenvalue weighted by molar-refractivity contribution is -0.132. The number of pyridine rings is 1. The van der Waals surface area contributed by atoms with E-state index in [9.17, 15) is 4.79 Å². The van der Waals surface area contributed by atoms with E-state index in [2.05, 4.69) is 27.0 Å². The number of aryl methyl sites for hydroxylation is 2. The van der Waals surface area contributed by atoms with Gasteiger partial charge in [0.1, 0.15) is 6.54 Å². The first-order chi connectivity index (χ1) is 12.7. The molecular weight excluding hydrogens is 324 g/mol. The van der Waals surface area contributed by atoms with Gasteiger partial charge in [0.2, 0.25) is 5.91 Å². The Bertz CT molecular complexity index is 917. The lowest BCUT2D eigenvalue weighted by atomic mass is 10.0. The molecule has 3 heterocycles. The number of benzene rings is 1. The average Bonchev–Trinajstić information content (AvgIpc) is 3.27. The largest absolute Gasteiger partial charge is 0.338 e. The van der Waals surface area contributed by atoms with E-state index in [4.69, 9.17) is 0 Å². The van der Waals surface area contributed by atoms with Gasteiger partial charge in [0.15, 0.2) is 0 Å². The smallest absolute Gasteiger partial charge is 0.242 e. The van der Waals surface area contributed by atoms with Crippen LogP contribution in [0.2, 0.25) is 0 Å². The van der Waals surface area contributed by atoms with E-state index in [1.807, 2.05) is 42.0 Å². The van der Waals surface area contributed by atoms with E-state index >= 15 is 0 Å². The van der Waals surface area contributed by atoms with Crippen LogP contribution in [0.25, 0.3) is 11.0 Å². The molecule has 1 fully saturated rings. The second-order valence-corrected chi connectivity index (χ2v) is 7.09. The van der Waals surface area contributed by atoms with E-state index in [1.165, 1.54) is 5.56 Å². The topological polar surface area (TPSA) is 51.0 Å². The number of nitrogens with zero attached hydrogens (tertiary/aromatic N) is 4. The molecule has 1 amide bonds. The van der Waals surface area contributed by atoms with Crippen LogP contribution >= 0.6 is 0 Å². The molecule has 0 spiro atoms. The van der Waals surface area contributed by atoms with Crippen molar-refractivity contribution in [2.75, 3.05) is 6.54 Å². The summed E-state index contributed by atoms with van der Waals surface area (Å²) in [5.41, 5.74) is 4.31. The van der Waals surface area contributed by atoms with Crippen molar-refractivity contribution in [3.05, 3.63) is 60.2 Å². The third kappa shape index (κ3) is 3.47. The number of likely N-dealkylation sites (tertiary alicyclic amines) is 1. The van der Waals surface area contributed by atoms with Crippen LogP contribution in [0.4, 0.5) is 0 Å². The quantitative estimate of drug-likeness (QED) is 0.710. The van der Waals surface area contributed by atoms with Crippen LogP contribution in [0, 0.1) is 6.92 Å². The molecule has 1 aliphatic rings. The molecular formula is C21H24N4O. The summed E-state index contributed by atoms with van der Waals surface area (Å²) in [6.07, 6.45) is 7.84. The van der Waals surface area contributed by atoms with Gasteiger partial charge in [0.05, 0.1) is 17.4 Å². The Morgan fingerprint density at radius 2 is 2.12 bits per heavy atom. The third-order valence-electron chi connectivity index (χ3n) is 5.26. The Morgan fingerprint density at radius 1 is 1.23 bits per heavy atom. The van der Waals surface area contributed by atoms with Gasteiger partial charge in [-0.1, -0.05) is 12.1 Å². The number of aromatic nitrogens is 3. The maximum absolute atomic E-state index is 12.9. The molecule has 1 aliphatic heterocycles. The molecule has 0 bridgehead atoms. The molecule has 1 aromatic carbocycles. The Kier molecular flexibility index (Phi) is 4.69. The summed E-state index contributed by atoms with van der Waals surface area (Å²) in [6, 6.07) is 12.5. The highest BCUT2D eigenvalue weighted by molar-refractivity contribution is 5.80. The van der Waals surface area contributed by atoms with Crippen molar-refractivity contribution in [1.82, 2.24) is 19.4 Å². The first-order valence-corrected chi connectivity index (χ1v) is 9.31. The lowest BCUT2D eigenvalue weighted by Crippen LogP contribution is -2.37. The van der Waals surface area contributed by atoms with E-state index in [-0.39, 0.29) is 5.91 Å². The van der Waals surface area contributed by atoms with Gasteiger partial charge in [-0.25, -0.2) is 4.98 Å². The van der Waals surface area contributed by atoms with Crippen LogP contribution < -0.4 is 0 Å². The van der Waals surface area contributed by atoms with Crippen molar-refractivity contribution in [2.24, 2.45) is 0 Å². The van der Waals surface area contributed by atoms with E-state index < -0.39 is 0 Å². The number of amides is 1. The zero-order chi connectivity index (χ0) is 17.9. The second-order valence-electron chi connectivity index (χ2n) is 7.09. The van der Waals surface area contributed by atoms with Crippen molar-refractivity contribution in [1.29, 1.82) is 0 Å². The first-order valence-electron chi connectivity index (χ1n) is 9.31. The molecule has 0 N–H and O–H groups in total. The maximum atomic E-state index is 12.9. The fourth-order valence-electron chi connectivity index (χ4n) is 3.93. The van der Waals surface area contributed by atoms with Crippen LogP contribution in [0.15, 0.2) is 48.9 Å². The van der Waals surface area contributed by atoms with Crippen molar-refractivity contribution in [3.8, 4) is 0 Å². The van der Waals surface area contributed by atoms with E-state index in [1.54, 1.807) is 6.33 Å². The highest BCUT2D eigenvalue weighted by atomic mass is 16.2. The predicted molar refractivity (Wildman–Crippen MR) is 102 cm³/mol. The van der Waals surface area contributed by atoms with Crippen LogP contribution in [0.5, 0.6) is 0 Å². The Balaban J connectivity index is 1.41. The fraction of sp³-hybridized carbons (Fsp3) is 0.381. The summed E-state index contributed by atoms with van der Waals surface area (Å²) in [6.45, 7) is 3.25. The number of hydrogen-bond donors (Lipinski definition) is 0. The average molecular weight is 348 g/mol. The summed E-state index contributed by atoms with van der Waals surface area (Å²) < 4.78 is 1.96. The Morgan fingerprint density at radius 3 is 3.00 bits per heavy atom. The SMILES string of the molecule is Cc1cc(CC[C@H]2CCCN2C(=O)Cn2cnc3ccccc32)ccn1. The second kappa shape index (κ2) is 7.28. The number of fused-ring (bicyclic) bond motifs is 1. The number of rotatable bonds is 5. The lowest BCUT2D eigenvalue weighted by Gasteiger charge is -2.25. The number of imidazole rings is 1. The summed E-state index contributed by atoms with van der Waals surface area (Å²) in [4.78, 5) is 23.6. The molecule has 5 heteroatoms. The number of para-hydroxylation sites is 2. The molecule has 26 heavy (non-hydrogen) atoms. The van der Waals surface area contributed by atoms with Gasteiger partial charge in [-0.05, 0) is 62.4 Å². The molecule has 1 atom stereocenters. The molecule has 134 valence electrons. The molecule has 5 nitrogen and oxygen atoms in total. The van der Waals surface area contributed by atoms with E-state index in [0.717, 1.165) is 49.0 Å². The summed E-state index contributed by atoms with van der Waals surface area (Å²) in [7, 11) is 0. The van der Waals surface area contributed by atoms with Gasteiger partial charge in [0.25, 0.3) is 0 Å². The number of carbonyl (C=O) groups excluding carboxylic acids is 1. The van der Waals surface area contributed by atoms with Gasteiger partial charge < -0.3 is 9.47 Å². The highest BCUT2D eigenvalue weighted by Gasteiger charge is 2.28. The molecule has 2 aromatic heterocycles. The van der Waals surface area contributed by atoms with Gasteiger partial charge >= 0.3 is 0 Å². The molecule has 3 aromatic rings. The van der Waals surface area contributed by atoms with Crippen molar-refractivity contribution < 1.29 is 4.79 Å². The summed E-state index contributed by atoms with van der Waals surface area (Å²) in [5, 5.41) is 0. The van der Waals surface area contributed by atoms with Crippen molar-refractivity contribution in [3.63, 3.8) is 0 Å². The zero-order valence-electron chi connectivity index (χ0n) is 15.1. The van der Waals surface area contributed by atoms with Crippen molar-refractivity contribution >= 4 is 16.9 Å². The molecule has 4 rings (SSSR count). The predicted octanol–water partition coefficient (Wildman–Crippen LogP) is 3.36. The van der Waals surface area contributed by atoms with Gasteiger partial charge in [0, 0.05) is 24.5 Å².